The lowest BCUT2D eigenvalue weighted by Crippen LogP contribution is -2.12. The molecule has 25 heavy (non-hydrogen) atoms. The van der Waals surface area contributed by atoms with Crippen LogP contribution in [0.25, 0.3) is 33.7 Å². The van der Waals surface area contributed by atoms with Gasteiger partial charge in [-0.25, -0.2) is 4.98 Å². The molecule has 5 heteroatoms. The lowest BCUT2D eigenvalue weighted by molar-refractivity contribution is 0.100. The molecular formula is C20H13ClN2O2. The molecule has 0 atom stereocenters. The summed E-state index contributed by atoms with van der Waals surface area (Å²) in [5, 5.41) is 0.658. The molecule has 0 spiro atoms. The molecule has 122 valence electrons. The molecule has 0 aliphatic carbocycles. The summed E-state index contributed by atoms with van der Waals surface area (Å²) in [7, 11) is 0. The van der Waals surface area contributed by atoms with Crippen molar-refractivity contribution in [2.75, 3.05) is 0 Å². The lowest BCUT2D eigenvalue weighted by Gasteiger charge is -2.06. The van der Waals surface area contributed by atoms with Gasteiger partial charge in [-0.3, -0.25) is 4.79 Å². The van der Waals surface area contributed by atoms with Gasteiger partial charge in [-0.05, 0) is 53.6 Å². The summed E-state index contributed by atoms with van der Waals surface area (Å²) >= 11 is 5.92. The highest BCUT2D eigenvalue weighted by Crippen LogP contribution is 2.30. The summed E-state index contributed by atoms with van der Waals surface area (Å²) in [6.45, 7) is 0. The normalized spacial score (nSPS) is 10.9. The molecule has 0 saturated carbocycles. The first-order chi connectivity index (χ1) is 12.1. The fraction of sp³-hybridized carbons (Fsp3) is 0. The van der Waals surface area contributed by atoms with E-state index in [2.05, 4.69) is 4.98 Å². The molecule has 0 saturated heterocycles. The van der Waals surface area contributed by atoms with Crippen LogP contribution in [0.15, 0.2) is 71.1 Å². The summed E-state index contributed by atoms with van der Waals surface area (Å²) in [4.78, 5) is 16.2. The number of nitrogens with two attached hydrogens (primary N) is 1. The fourth-order valence-corrected chi connectivity index (χ4v) is 2.89. The predicted octanol–water partition coefficient (Wildman–Crippen LogP) is 4.91. The minimum absolute atomic E-state index is 0.460. The zero-order chi connectivity index (χ0) is 17.4. The number of halogens is 1. The minimum Gasteiger partial charge on any atom is -0.436 e. The highest BCUT2D eigenvalue weighted by molar-refractivity contribution is 6.30. The number of primary amides is 1. The van der Waals surface area contributed by atoms with Gasteiger partial charge >= 0.3 is 0 Å². The van der Waals surface area contributed by atoms with Crippen molar-refractivity contribution in [2.24, 2.45) is 5.73 Å². The van der Waals surface area contributed by atoms with Gasteiger partial charge in [0.05, 0.1) is 0 Å². The van der Waals surface area contributed by atoms with Gasteiger partial charge in [-0.15, -0.1) is 0 Å². The topological polar surface area (TPSA) is 69.1 Å². The van der Waals surface area contributed by atoms with Crippen LogP contribution in [0.1, 0.15) is 10.4 Å². The first kappa shape index (κ1) is 15.4. The average molecular weight is 349 g/mol. The molecule has 0 bridgehead atoms. The predicted molar refractivity (Wildman–Crippen MR) is 98.4 cm³/mol. The highest BCUT2D eigenvalue weighted by atomic mass is 35.5. The van der Waals surface area contributed by atoms with Crippen molar-refractivity contribution in [1.29, 1.82) is 0 Å². The molecule has 1 aromatic heterocycles. The van der Waals surface area contributed by atoms with E-state index < -0.39 is 5.91 Å². The van der Waals surface area contributed by atoms with E-state index in [4.69, 9.17) is 21.8 Å². The summed E-state index contributed by atoms with van der Waals surface area (Å²) in [5.41, 5.74) is 9.81. The Morgan fingerprint density at radius 1 is 0.960 bits per heavy atom. The van der Waals surface area contributed by atoms with Crippen LogP contribution in [0.2, 0.25) is 5.02 Å². The summed E-state index contributed by atoms with van der Waals surface area (Å²) in [6.07, 6.45) is 0. The minimum atomic E-state index is -0.460. The largest absolute Gasteiger partial charge is 0.436 e. The number of fused-ring (bicyclic) bond motifs is 1. The maximum Gasteiger partial charge on any atom is 0.249 e. The van der Waals surface area contributed by atoms with Crippen LogP contribution in [-0.4, -0.2) is 10.9 Å². The van der Waals surface area contributed by atoms with Crippen LogP contribution in [0.4, 0.5) is 0 Å². The van der Waals surface area contributed by atoms with E-state index in [1.165, 1.54) is 0 Å². The molecule has 4 rings (SSSR count). The molecule has 2 N–H and O–H groups in total. The van der Waals surface area contributed by atoms with Gasteiger partial charge in [0.15, 0.2) is 5.58 Å². The zero-order valence-electron chi connectivity index (χ0n) is 13.1. The third-order valence-corrected chi connectivity index (χ3v) is 4.23. The van der Waals surface area contributed by atoms with E-state index in [1.54, 1.807) is 24.3 Å². The summed E-state index contributed by atoms with van der Waals surface area (Å²) < 4.78 is 5.82. The van der Waals surface area contributed by atoms with Gasteiger partial charge < -0.3 is 10.2 Å². The standard InChI is InChI=1S/C20H13ClN2O2/c21-14-8-5-12(6-9-14)20-23-17-11-13(7-10-18(17)25-20)15-3-1-2-4-16(15)19(22)24/h1-11H,(H2,22,24). The quantitative estimate of drug-likeness (QED) is 0.571. The monoisotopic (exact) mass is 348 g/mol. The molecule has 3 aromatic carbocycles. The van der Waals surface area contributed by atoms with E-state index in [1.807, 2.05) is 42.5 Å². The molecule has 0 fully saturated rings. The van der Waals surface area contributed by atoms with E-state index >= 15 is 0 Å². The molecule has 1 heterocycles. The van der Waals surface area contributed by atoms with Crippen molar-refractivity contribution in [3.8, 4) is 22.6 Å². The lowest BCUT2D eigenvalue weighted by atomic mass is 9.99. The van der Waals surface area contributed by atoms with Crippen molar-refractivity contribution < 1.29 is 9.21 Å². The number of oxazole rings is 1. The molecule has 0 radical (unpaired) electrons. The van der Waals surface area contributed by atoms with Crippen LogP contribution in [0.5, 0.6) is 0 Å². The van der Waals surface area contributed by atoms with Crippen LogP contribution in [-0.2, 0) is 0 Å². The Morgan fingerprint density at radius 3 is 2.44 bits per heavy atom. The maximum absolute atomic E-state index is 11.7. The SMILES string of the molecule is NC(=O)c1ccccc1-c1ccc2oc(-c3ccc(Cl)cc3)nc2c1. The summed E-state index contributed by atoms with van der Waals surface area (Å²) in [5.74, 6) is 0.0599. The van der Waals surface area contributed by atoms with E-state index in [0.29, 0.717) is 27.6 Å². The number of amides is 1. The van der Waals surface area contributed by atoms with Gasteiger partial charge in [-0.1, -0.05) is 35.9 Å². The molecule has 0 aliphatic heterocycles. The van der Waals surface area contributed by atoms with E-state index in [9.17, 15) is 4.79 Å². The van der Waals surface area contributed by atoms with Gasteiger partial charge in [-0.2, -0.15) is 0 Å². The fourth-order valence-electron chi connectivity index (χ4n) is 2.76. The Balaban J connectivity index is 1.81. The van der Waals surface area contributed by atoms with E-state index in [0.717, 1.165) is 16.7 Å². The van der Waals surface area contributed by atoms with Crippen molar-refractivity contribution in [1.82, 2.24) is 4.98 Å². The maximum atomic E-state index is 11.7. The Hall–Kier alpha value is -3.11. The first-order valence-electron chi connectivity index (χ1n) is 7.67. The second kappa shape index (κ2) is 6.07. The number of hydrogen-bond acceptors (Lipinski definition) is 3. The second-order valence-corrected chi connectivity index (χ2v) is 6.05. The Kier molecular flexibility index (Phi) is 3.75. The number of carbonyl (C=O) groups excluding carboxylic acids is 1. The number of aromatic nitrogens is 1. The molecule has 0 unspecified atom stereocenters. The van der Waals surface area contributed by atoms with Gasteiger partial charge in [0.25, 0.3) is 0 Å². The third kappa shape index (κ3) is 2.88. The number of rotatable bonds is 3. The molecule has 4 nitrogen and oxygen atoms in total. The van der Waals surface area contributed by atoms with Gasteiger partial charge in [0.2, 0.25) is 11.8 Å². The van der Waals surface area contributed by atoms with Crippen LogP contribution in [0, 0.1) is 0 Å². The van der Waals surface area contributed by atoms with Gasteiger partial charge in [0, 0.05) is 16.1 Å². The van der Waals surface area contributed by atoms with Crippen molar-refractivity contribution >= 4 is 28.6 Å². The Morgan fingerprint density at radius 2 is 1.68 bits per heavy atom. The zero-order valence-corrected chi connectivity index (χ0v) is 13.8. The summed E-state index contributed by atoms with van der Waals surface area (Å²) in [6, 6.07) is 20.2. The third-order valence-electron chi connectivity index (χ3n) is 3.98. The van der Waals surface area contributed by atoms with Gasteiger partial charge in [0.1, 0.15) is 5.52 Å². The Labute approximate surface area is 148 Å². The van der Waals surface area contributed by atoms with E-state index in [-0.39, 0.29) is 0 Å². The van der Waals surface area contributed by atoms with Crippen LogP contribution < -0.4 is 5.73 Å². The second-order valence-electron chi connectivity index (χ2n) is 5.62. The van der Waals surface area contributed by atoms with Crippen molar-refractivity contribution in [3.63, 3.8) is 0 Å². The Bertz CT molecular complexity index is 1080. The highest BCUT2D eigenvalue weighted by Gasteiger charge is 2.13. The molecule has 4 aromatic rings. The molecular weight excluding hydrogens is 336 g/mol. The first-order valence-corrected chi connectivity index (χ1v) is 8.05. The average Bonchev–Trinajstić information content (AvgIpc) is 3.05. The molecule has 0 aliphatic rings. The number of hydrogen-bond donors (Lipinski definition) is 1. The molecule has 1 amide bonds. The smallest absolute Gasteiger partial charge is 0.249 e. The van der Waals surface area contributed by atoms with Crippen molar-refractivity contribution in [2.45, 2.75) is 0 Å². The van der Waals surface area contributed by atoms with Crippen molar-refractivity contribution in [3.05, 3.63) is 77.3 Å². The van der Waals surface area contributed by atoms with Crippen LogP contribution in [0.3, 0.4) is 0 Å². The number of nitrogens with zero attached hydrogens (tertiary/aromatic N) is 1. The van der Waals surface area contributed by atoms with Crippen LogP contribution >= 0.6 is 11.6 Å². The number of benzene rings is 3. The number of carbonyl (C=O) groups is 1.